The third kappa shape index (κ3) is 4.63. The lowest BCUT2D eigenvalue weighted by Gasteiger charge is -2.48. The van der Waals surface area contributed by atoms with E-state index in [-0.39, 0.29) is 22.8 Å². The summed E-state index contributed by atoms with van der Waals surface area (Å²) in [5.41, 5.74) is 2.43. The minimum absolute atomic E-state index is 0.00785. The van der Waals surface area contributed by atoms with Gasteiger partial charge in [-0.3, -0.25) is 4.79 Å². The molecule has 1 aromatic carbocycles. The standard InChI is InChI=1S/C22H32N2O3/c1-16-7-5-8-17(11-16)12-21(2)9-6-10-24(15-21)19(25)18-13-22(3,14-18)23-20(26)27-4/h5,7-8,11,18H,6,9-10,12-15H2,1-4H3,(H,23,26)/t18-,21-,22+/m0/s1. The van der Waals surface area contributed by atoms with Crippen LogP contribution in [0.1, 0.15) is 50.7 Å². The fraction of sp³-hybridized carbons (Fsp3) is 0.636. The van der Waals surface area contributed by atoms with E-state index in [1.165, 1.54) is 18.2 Å². The molecular formula is C22H32N2O3. The summed E-state index contributed by atoms with van der Waals surface area (Å²) in [6, 6.07) is 8.68. The predicted octanol–water partition coefficient (Wildman–Crippen LogP) is 3.69. The second-order valence-corrected chi connectivity index (χ2v) is 9.12. The summed E-state index contributed by atoms with van der Waals surface area (Å²) >= 11 is 0. The third-order valence-corrected chi connectivity index (χ3v) is 6.14. The highest BCUT2D eigenvalue weighted by Gasteiger charge is 2.47. The zero-order chi connectivity index (χ0) is 19.7. The highest BCUT2D eigenvalue weighted by atomic mass is 16.5. The van der Waals surface area contributed by atoms with Gasteiger partial charge in [-0.25, -0.2) is 4.79 Å². The van der Waals surface area contributed by atoms with E-state index in [4.69, 9.17) is 0 Å². The quantitative estimate of drug-likeness (QED) is 0.877. The van der Waals surface area contributed by atoms with Crippen LogP contribution < -0.4 is 5.32 Å². The van der Waals surface area contributed by atoms with Crippen LogP contribution >= 0.6 is 0 Å². The van der Waals surface area contributed by atoms with Crippen LogP contribution in [0.25, 0.3) is 0 Å². The number of rotatable bonds is 4. The van der Waals surface area contributed by atoms with Gasteiger partial charge in [-0.2, -0.15) is 0 Å². The lowest BCUT2D eigenvalue weighted by atomic mass is 9.68. The van der Waals surface area contributed by atoms with Crippen LogP contribution in [0.4, 0.5) is 4.79 Å². The van der Waals surface area contributed by atoms with E-state index in [9.17, 15) is 9.59 Å². The van der Waals surface area contributed by atoms with Crippen LogP contribution in [0.3, 0.4) is 0 Å². The van der Waals surface area contributed by atoms with E-state index in [2.05, 4.69) is 53.1 Å². The molecule has 1 heterocycles. The first-order valence-electron chi connectivity index (χ1n) is 9.92. The van der Waals surface area contributed by atoms with Crippen molar-refractivity contribution in [2.45, 2.75) is 58.4 Å². The van der Waals surface area contributed by atoms with E-state index in [0.29, 0.717) is 12.8 Å². The van der Waals surface area contributed by atoms with Gasteiger partial charge in [0, 0.05) is 24.5 Å². The molecule has 0 aromatic heterocycles. The van der Waals surface area contributed by atoms with Crippen LogP contribution in [-0.2, 0) is 16.0 Å². The fourth-order valence-electron chi connectivity index (χ4n) is 4.82. The number of carbonyl (C=O) groups is 2. The maximum Gasteiger partial charge on any atom is 0.407 e. The Morgan fingerprint density at radius 2 is 2.04 bits per heavy atom. The Hall–Kier alpha value is -2.04. The molecule has 1 aliphatic carbocycles. The number of hydrogen-bond acceptors (Lipinski definition) is 3. The molecule has 1 N–H and O–H groups in total. The summed E-state index contributed by atoms with van der Waals surface area (Å²) in [4.78, 5) is 26.5. The number of carbonyl (C=O) groups excluding carboxylic acids is 2. The highest BCUT2D eigenvalue weighted by molar-refractivity contribution is 5.81. The maximum absolute atomic E-state index is 13.0. The number of aryl methyl sites for hydroxylation is 1. The van der Waals surface area contributed by atoms with Crippen LogP contribution in [0.15, 0.2) is 24.3 Å². The molecule has 2 aliphatic rings. The fourth-order valence-corrected chi connectivity index (χ4v) is 4.82. The maximum atomic E-state index is 13.0. The SMILES string of the molecule is COC(=O)N[C@]1(C)C[C@H](C(=O)N2CCC[C@@](C)(Cc3cccc(C)c3)C2)C1. The molecule has 0 radical (unpaired) electrons. The molecule has 1 atom stereocenters. The molecule has 0 bridgehead atoms. The van der Waals surface area contributed by atoms with Crippen molar-refractivity contribution in [2.75, 3.05) is 20.2 Å². The molecule has 148 valence electrons. The summed E-state index contributed by atoms with van der Waals surface area (Å²) in [6.07, 6.45) is 4.16. The van der Waals surface area contributed by atoms with E-state index >= 15 is 0 Å². The van der Waals surface area contributed by atoms with Crippen molar-refractivity contribution in [3.05, 3.63) is 35.4 Å². The van der Waals surface area contributed by atoms with Gasteiger partial charge in [-0.05, 0) is 56.9 Å². The predicted molar refractivity (Wildman–Crippen MR) is 105 cm³/mol. The zero-order valence-electron chi connectivity index (χ0n) is 17.0. The van der Waals surface area contributed by atoms with Gasteiger partial charge in [0.15, 0.2) is 0 Å². The first kappa shape index (κ1) is 19.7. The Morgan fingerprint density at radius 3 is 2.70 bits per heavy atom. The number of piperidine rings is 1. The van der Waals surface area contributed by atoms with E-state index < -0.39 is 6.09 Å². The van der Waals surface area contributed by atoms with Gasteiger partial charge < -0.3 is 15.0 Å². The summed E-state index contributed by atoms with van der Waals surface area (Å²) in [7, 11) is 1.36. The molecule has 0 unspecified atom stereocenters. The third-order valence-electron chi connectivity index (χ3n) is 6.14. The monoisotopic (exact) mass is 372 g/mol. The van der Waals surface area contributed by atoms with Gasteiger partial charge in [0.25, 0.3) is 0 Å². The average Bonchev–Trinajstić information content (AvgIpc) is 2.58. The molecule has 1 saturated heterocycles. The topological polar surface area (TPSA) is 58.6 Å². The smallest absolute Gasteiger partial charge is 0.407 e. The Balaban J connectivity index is 1.58. The Kier molecular flexibility index (Phi) is 5.50. The van der Waals surface area contributed by atoms with Crippen molar-refractivity contribution in [3.8, 4) is 0 Å². The molecule has 0 spiro atoms. The second kappa shape index (κ2) is 7.53. The Labute approximate surface area is 162 Å². The van der Waals surface area contributed by atoms with E-state index in [0.717, 1.165) is 32.4 Å². The van der Waals surface area contributed by atoms with Crippen LogP contribution in [0, 0.1) is 18.3 Å². The van der Waals surface area contributed by atoms with Crippen molar-refractivity contribution in [1.82, 2.24) is 10.2 Å². The highest BCUT2D eigenvalue weighted by Crippen LogP contribution is 2.41. The van der Waals surface area contributed by atoms with Crippen molar-refractivity contribution in [3.63, 3.8) is 0 Å². The lowest BCUT2D eigenvalue weighted by Crippen LogP contribution is -2.59. The van der Waals surface area contributed by atoms with Gasteiger partial charge in [0.1, 0.15) is 0 Å². The molecule has 5 nitrogen and oxygen atoms in total. The number of methoxy groups -OCH3 is 1. The molecule has 27 heavy (non-hydrogen) atoms. The molecule has 1 aromatic rings. The van der Waals surface area contributed by atoms with Crippen molar-refractivity contribution in [1.29, 1.82) is 0 Å². The number of hydrogen-bond donors (Lipinski definition) is 1. The summed E-state index contributed by atoms with van der Waals surface area (Å²) < 4.78 is 4.68. The molecule has 2 amide bonds. The zero-order valence-corrected chi connectivity index (χ0v) is 17.0. The second-order valence-electron chi connectivity index (χ2n) is 9.12. The normalized spacial score (nSPS) is 30.4. The van der Waals surface area contributed by atoms with Crippen molar-refractivity contribution >= 4 is 12.0 Å². The largest absolute Gasteiger partial charge is 0.453 e. The Bertz CT molecular complexity index is 711. The minimum Gasteiger partial charge on any atom is -0.453 e. The molecule has 1 saturated carbocycles. The molecule has 2 fully saturated rings. The molecule has 3 rings (SSSR count). The summed E-state index contributed by atoms with van der Waals surface area (Å²) in [6.45, 7) is 8.07. The average molecular weight is 373 g/mol. The molecular weight excluding hydrogens is 340 g/mol. The van der Waals surface area contributed by atoms with Crippen molar-refractivity contribution in [2.24, 2.45) is 11.3 Å². The lowest BCUT2D eigenvalue weighted by molar-refractivity contribution is -0.144. The number of nitrogens with zero attached hydrogens (tertiary/aromatic N) is 1. The Morgan fingerprint density at radius 1 is 1.30 bits per heavy atom. The molecule has 5 heteroatoms. The van der Waals surface area contributed by atoms with Gasteiger partial charge in [0.05, 0.1) is 7.11 Å². The number of benzene rings is 1. The number of nitrogens with one attached hydrogen (secondary N) is 1. The van der Waals surface area contributed by atoms with Gasteiger partial charge in [-0.15, -0.1) is 0 Å². The van der Waals surface area contributed by atoms with Gasteiger partial charge in [0.2, 0.25) is 5.91 Å². The van der Waals surface area contributed by atoms with Crippen molar-refractivity contribution < 1.29 is 14.3 Å². The van der Waals surface area contributed by atoms with E-state index in [1.807, 2.05) is 6.92 Å². The minimum atomic E-state index is -0.424. The number of alkyl carbamates (subject to hydrolysis) is 1. The van der Waals surface area contributed by atoms with Crippen LogP contribution in [0.5, 0.6) is 0 Å². The summed E-state index contributed by atoms with van der Waals surface area (Å²) in [5, 5.41) is 2.85. The number of likely N-dealkylation sites (tertiary alicyclic amines) is 1. The first-order valence-corrected chi connectivity index (χ1v) is 9.92. The summed E-state index contributed by atoms with van der Waals surface area (Å²) in [5.74, 6) is 0.253. The number of ether oxygens (including phenoxy) is 1. The van der Waals surface area contributed by atoms with Crippen LogP contribution in [0.2, 0.25) is 0 Å². The van der Waals surface area contributed by atoms with Gasteiger partial charge >= 0.3 is 6.09 Å². The van der Waals surface area contributed by atoms with Gasteiger partial charge in [-0.1, -0.05) is 36.8 Å². The first-order chi connectivity index (χ1) is 12.7. The number of amides is 2. The van der Waals surface area contributed by atoms with Crippen LogP contribution in [-0.4, -0.2) is 42.6 Å². The van der Waals surface area contributed by atoms with E-state index in [1.54, 1.807) is 0 Å². The molecule has 1 aliphatic heterocycles.